The first-order valence-electron chi connectivity index (χ1n) is 8.71. The molecule has 0 aromatic heterocycles. The molecule has 0 aromatic carbocycles. The molecule has 2 unspecified atom stereocenters. The number of hydrogen-bond acceptors (Lipinski definition) is 2. The van der Waals surface area contributed by atoms with Gasteiger partial charge in [0.05, 0.1) is 0 Å². The Hall–Kier alpha value is -1.26. The average Bonchev–Trinajstić information content (AvgIpc) is 2.90. The molecule has 5 nitrogen and oxygen atoms in total. The van der Waals surface area contributed by atoms with E-state index in [4.69, 9.17) is 0 Å². The maximum absolute atomic E-state index is 11.8. The van der Waals surface area contributed by atoms with E-state index in [0.717, 1.165) is 37.3 Å². The highest BCUT2D eigenvalue weighted by molar-refractivity contribution is 5.81. The first-order chi connectivity index (χ1) is 10.5. The Balaban J connectivity index is 2.30. The van der Waals surface area contributed by atoms with Crippen LogP contribution in [0.3, 0.4) is 0 Å². The van der Waals surface area contributed by atoms with E-state index in [9.17, 15) is 4.79 Å². The Morgan fingerprint density at radius 3 is 2.68 bits per heavy atom. The van der Waals surface area contributed by atoms with E-state index >= 15 is 0 Å². The lowest BCUT2D eigenvalue weighted by Gasteiger charge is -2.22. The van der Waals surface area contributed by atoms with Crippen molar-refractivity contribution in [3.8, 4) is 0 Å². The highest BCUT2D eigenvalue weighted by atomic mass is 16.1. The van der Waals surface area contributed by atoms with Crippen LogP contribution in [-0.2, 0) is 4.79 Å². The second kappa shape index (κ2) is 9.70. The van der Waals surface area contributed by atoms with Gasteiger partial charge in [0.2, 0.25) is 5.91 Å². The molecule has 0 radical (unpaired) electrons. The van der Waals surface area contributed by atoms with Crippen LogP contribution in [0.1, 0.15) is 53.4 Å². The molecule has 22 heavy (non-hydrogen) atoms. The minimum atomic E-state index is 0.108. The van der Waals surface area contributed by atoms with Gasteiger partial charge in [-0.05, 0) is 38.0 Å². The molecule has 0 spiro atoms. The van der Waals surface area contributed by atoms with Gasteiger partial charge in [0.25, 0.3) is 0 Å². The van der Waals surface area contributed by atoms with Gasteiger partial charge in [0.15, 0.2) is 5.96 Å². The van der Waals surface area contributed by atoms with Crippen molar-refractivity contribution in [2.75, 3.05) is 26.7 Å². The Morgan fingerprint density at radius 2 is 2.09 bits per heavy atom. The maximum Gasteiger partial charge on any atom is 0.221 e. The van der Waals surface area contributed by atoms with Gasteiger partial charge in [-0.2, -0.15) is 0 Å². The summed E-state index contributed by atoms with van der Waals surface area (Å²) in [6.45, 7) is 11.5. The van der Waals surface area contributed by atoms with Crippen LogP contribution >= 0.6 is 0 Å². The van der Waals surface area contributed by atoms with E-state index in [1.54, 1.807) is 0 Å². The molecule has 2 N–H and O–H groups in total. The largest absolute Gasteiger partial charge is 0.356 e. The standard InChI is InChI=1S/C17H34N4O/c1-6-14(4)20-16(22)7-9-19-17(18-5)21-10-8-15(12-21)11-13(2)3/h13-15H,6-12H2,1-5H3,(H,18,19)(H,20,22). The molecule has 1 aliphatic rings. The average molecular weight is 310 g/mol. The smallest absolute Gasteiger partial charge is 0.221 e. The van der Waals surface area contributed by atoms with Crippen molar-refractivity contribution in [2.24, 2.45) is 16.8 Å². The number of carbonyl (C=O) groups excluding carboxylic acids is 1. The third-order valence-electron chi connectivity index (χ3n) is 4.26. The Bertz CT molecular complexity index is 368. The second-order valence-corrected chi connectivity index (χ2v) is 6.83. The highest BCUT2D eigenvalue weighted by Gasteiger charge is 2.25. The Kier molecular flexibility index (Phi) is 8.28. The lowest BCUT2D eigenvalue weighted by atomic mass is 9.97. The van der Waals surface area contributed by atoms with Crippen molar-refractivity contribution < 1.29 is 4.79 Å². The number of amides is 1. The predicted octanol–water partition coefficient (Wildman–Crippen LogP) is 2.23. The van der Waals surface area contributed by atoms with Gasteiger partial charge in [-0.15, -0.1) is 0 Å². The molecule has 0 aromatic rings. The van der Waals surface area contributed by atoms with Crippen LogP contribution in [0.25, 0.3) is 0 Å². The number of nitrogens with one attached hydrogen (secondary N) is 2. The van der Waals surface area contributed by atoms with Crippen molar-refractivity contribution in [3.63, 3.8) is 0 Å². The van der Waals surface area contributed by atoms with Gasteiger partial charge in [-0.25, -0.2) is 0 Å². The topological polar surface area (TPSA) is 56.7 Å². The molecule has 2 atom stereocenters. The molecule has 0 saturated carbocycles. The van der Waals surface area contributed by atoms with E-state index in [0.29, 0.717) is 13.0 Å². The lowest BCUT2D eigenvalue weighted by Crippen LogP contribution is -2.42. The summed E-state index contributed by atoms with van der Waals surface area (Å²) in [6, 6.07) is 0.252. The predicted molar refractivity (Wildman–Crippen MR) is 93.0 cm³/mol. The normalized spacial score (nSPS) is 20.4. The van der Waals surface area contributed by atoms with Gasteiger partial charge in [-0.1, -0.05) is 20.8 Å². The van der Waals surface area contributed by atoms with Gasteiger partial charge in [0, 0.05) is 39.1 Å². The Morgan fingerprint density at radius 1 is 1.36 bits per heavy atom. The van der Waals surface area contributed by atoms with Gasteiger partial charge >= 0.3 is 0 Å². The number of rotatable bonds is 7. The number of aliphatic imine (C=N–C) groups is 1. The fourth-order valence-electron chi connectivity index (χ4n) is 2.95. The van der Waals surface area contributed by atoms with Crippen LogP contribution < -0.4 is 10.6 Å². The number of carbonyl (C=O) groups is 1. The zero-order valence-electron chi connectivity index (χ0n) is 15.0. The monoisotopic (exact) mass is 310 g/mol. The lowest BCUT2D eigenvalue weighted by molar-refractivity contribution is -0.121. The first-order valence-corrected chi connectivity index (χ1v) is 8.71. The molecule has 1 heterocycles. The second-order valence-electron chi connectivity index (χ2n) is 6.83. The summed E-state index contributed by atoms with van der Waals surface area (Å²) >= 11 is 0. The summed E-state index contributed by atoms with van der Waals surface area (Å²) in [5.74, 6) is 2.57. The maximum atomic E-state index is 11.8. The Labute approximate surface area is 135 Å². The number of likely N-dealkylation sites (tertiary alicyclic amines) is 1. The van der Waals surface area contributed by atoms with Gasteiger partial charge < -0.3 is 15.5 Å². The molecular formula is C17H34N4O. The minimum Gasteiger partial charge on any atom is -0.356 e. The van der Waals surface area contributed by atoms with E-state index < -0.39 is 0 Å². The summed E-state index contributed by atoms with van der Waals surface area (Å²) in [6.07, 6.45) is 3.98. The summed E-state index contributed by atoms with van der Waals surface area (Å²) in [5.41, 5.74) is 0. The molecular weight excluding hydrogens is 276 g/mol. The van der Waals surface area contributed by atoms with Crippen molar-refractivity contribution in [1.29, 1.82) is 0 Å². The van der Waals surface area contributed by atoms with E-state index in [1.165, 1.54) is 12.8 Å². The van der Waals surface area contributed by atoms with E-state index in [1.807, 2.05) is 14.0 Å². The van der Waals surface area contributed by atoms with Crippen LogP contribution in [0.5, 0.6) is 0 Å². The molecule has 128 valence electrons. The van der Waals surface area contributed by atoms with Gasteiger partial charge in [0.1, 0.15) is 0 Å². The number of nitrogens with zero attached hydrogens (tertiary/aromatic N) is 2. The number of hydrogen-bond donors (Lipinski definition) is 2. The van der Waals surface area contributed by atoms with Crippen LogP contribution in [0.2, 0.25) is 0 Å². The first kappa shape index (κ1) is 18.8. The fourth-order valence-corrected chi connectivity index (χ4v) is 2.95. The highest BCUT2D eigenvalue weighted by Crippen LogP contribution is 2.23. The van der Waals surface area contributed by atoms with E-state index in [-0.39, 0.29) is 11.9 Å². The van der Waals surface area contributed by atoms with E-state index in [2.05, 4.69) is 41.3 Å². The van der Waals surface area contributed by atoms with Crippen LogP contribution in [0.15, 0.2) is 4.99 Å². The summed E-state index contributed by atoms with van der Waals surface area (Å²) < 4.78 is 0. The van der Waals surface area contributed by atoms with Crippen LogP contribution in [0, 0.1) is 11.8 Å². The molecule has 1 saturated heterocycles. The third-order valence-corrected chi connectivity index (χ3v) is 4.26. The minimum absolute atomic E-state index is 0.108. The van der Waals surface area contributed by atoms with Crippen LogP contribution in [0.4, 0.5) is 0 Å². The summed E-state index contributed by atoms with van der Waals surface area (Å²) in [4.78, 5) is 18.4. The molecule has 0 aliphatic carbocycles. The molecule has 1 amide bonds. The van der Waals surface area contributed by atoms with Crippen molar-refractivity contribution in [3.05, 3.63) is 0 Å². The zero-order valence-corrected chi connectivity index (χ0v) is 15.0. The fraction of sp³-hybridized carbons (Fsp3) is 0.882. The molecule has 1 rings (SSSR count). The summed E-state index contributed by atoms with van der Waals surface area (Å²) in [7, 11) is 1.82. The molecule has 1 aliphatic heterocycles. The molecule has 1 fully saturated rings. The third kappa shape index (κ3) is 6.67. The number of guanidine groups is 1. The van der Waals surface area contributed by atoms with Gasteiger partial charge in [-0.3, -0.25) is 9.79 Å². The van der Waals surface area contributed by atoms with Crippen molar-refractivity contribution >= 4 is 11.9 Å². The summed E-state index contributed by atoms with van der Waals surface area (Å²) in [5, 5.41) is 6.31. The SMILES string of the molecule is CCC(C)NC(=O)CCNC(=NC)N1CCC(CC(C)C)C1. The van der Waals surface area contributed by atoms with Crippen LogP contribution in [-0.4, -0.2) is 49.5 Å². The molecule has 5 heteroatoms. The van der Waals surface area contributed by atoms with Crippen molar-refractivity contribution in [1.82, 2.24) is 15.5 Å². The quantitative estimate of drug-likeness (QED) is 0.560. The zero-order chi connectivity index (χ0) is 16.5. The van der Waals surface area contributed by atoms with Crippen molar-refractivity contribution in [2.45, 2.75) is 59.4 Å². The molecule has 0 bridgehead atoms.